The SMILES string of the molecule is [2H]C([2H])([2H])c1c[c-]c(-c2cc(C([2H])(C)C)c([Si](C)(C)C)cn2)cc1.[2H]C([2H])(c1ccccc1)c1ccc2c(n1)sc1c(-c3nc4c5ccccc5ccc4n3-c3c(C)cc4c(c3C)C(C)(C)c3ccccc3-4)[c-]ccc12.[Ir]. The van der Waals surface area contributed by atoms with E-state index in [1.807, 2.05) is 74.6 Å². The van der Waals surface area contributed by atoms with E-state index in [0.29, 0.717) is 11.3 Å². The van der Waals surface area contributed by atoms with Gasteiger partial charge in [-0.3, -0.25) is 4.98 Å². The van der Waals surface area contributed by atoms with Gasteiger partial charge in [0, 0.05) is 63.1 Å². The summed E-state index contributed by atoms with van der Waals surface area (Å²) in [7, 11) is -1.61. The third-order valence-corrected chi connectivity index (χ3v) is 17.1. The molecule has 0 bridgehead atoms. The number of thiophene rings is 1. The van der Waals surface area contributed by atoms with Crippen LogP contribution in [-0.2, 0) is 31.9 Å². The molecule has 0 saturated heterocycles. The molecule has 4 heterocycles. The van der Waals surface area contributed by atoms with Gasteiger partial charge in [0.15, 0.2) is 0 Å². The number of benzene rings is 7. The van der Waals surface area contributed by atoms with Crippen molar-refractivity contribution in [3.63, 3.8) is 0 Å². The Morgan fingerprint density at radius 2 is 1.58 bits per heavy atom. The van der Waals surface area contributed by atoms with Crippen LogP contribution in [0.5, 0.6) is 0 Å². The fourth-order valence-corrected chi connectivity index (χ4v) is 13.4. The smallest absolute Gasteiger partial charge is 0.114 e. The van der Waals surface area contributed by atoms with E-state index in [1.54, 1.807) is 23.5 Å². The monoisotopic (exact) mass is 1140 g/mol. The van der Waals surface area contributed by atoms with E-state index < -0.39 is 27.2 Å². The topological polar surface area (TPSA) is 43.6 Å². The molecule has 12 rings (SSSR count). The molecule has 0 unspecified atom stereocenters. The second kappa shape index (κ2) is 18.7. The maximum absolute atomic E-state index is 9.00. The Kier molecular flexibility index (Phi) is 10.9. The fraction of sp³-hybridized carbons (Fsp3) is 0.203. The normalized spacial score (nSPS) is 14.6. The Hall–Kier alpha value is -6.34. The summed E-state index contributed by atoms with van der Waals surface area (Å²) in [5.74, 6) is 0.120. The molecule has 0 saturated carbocycles. The molecule has 0 N–H and O–H groups in total. The van der Waals surface area contributed by atoms with Crippen molar-refractivity contribution in [2.45, 2.75) is 85.7 Å². The number of pyridine rings is 2. The minimum atomic E-state index is -2.13. The molecule has 7 aromatic carbocycles. The minimum absolute atomic E-state index is 0. The molecule has 0 aliphatic heterocycles. The summed E-state index contributed by atoms with van der Waals surface area (Å²) in [6, 6.07) is 54.7. The van der Waals surface area contributed by atoms with E-state index in [-0.39, 0.29) is 31.1 Å². The number of imidazole rings is 1. The van der Waals surface area contributed by atoms with Gasteiger partial charge in [0.1, 0.15) is 4.83 Å². The van der Waals surface area contributed by atoms with E-state index in [9.17, 15) is 0 Å². The average molecular weight is 1140 g/mol. The number of nitrogens with zero attached hydrogens (tertiary/aromatic N) is 4. The first kappa shape index (κ1) is 41.3. The third-order valence-electron chi connectivity index (χ3n) is 13.9. The van der Waals surface area contributed by atoms with Crippen molar-refractivity contribution in [3.05, 3.63) is 209 Å². The molecule has 0 spiro atoms. The second-order valence-corrected chi connectivity index (χ2v) is 26.3. The predicted molar refractivity (Wildman–Crippen MR) is 300 cm³/mol. The summed E-state index contributed by atoms with van der Waals surface area (Å²) in [5, 5.41) is 5.52. The van der Waals surface area contributed by atoms with Gasteiger partial charge in [0.25, 0.3) is 0 Å². The van der Waals surface area contributed by atoms with Crippen LogP contribution in [-0.4, -0.2) is 27.6 Å². The van der Waals surface area contributed by atoms with Crippen LogP contribution in [0.4, 0.5) is 0 Å². The van der Waals surface area contributed by atoms with Gasteiger partial charge >= 0.3 is 0 Å². The first-order chi connectivity index (χ1) is 35.9. The molecular formula is C64H58IrN4SSi-2. The molecule has 355 valence electrons. The van der Waals surface area contributed by atoms with Crippen molar-refractivity contribution >= 4 is 66.7 Å². The van der Waals surface area contributed by atoms with Gasteiger partial charge in [-0.25, -0.2) is 4.98 Å². The Bertz CT molecular complexity index is 4100. The molecule has 0 fully saturated rings. The van der Waals surface area contributed by atoms with Crippen LogP contribution in [0.15, 0.2) is 152 Å². The van der Waals surface area contributed by atoms with Crippen LogP contribution in [0, 0.1) is 32.8 Å². The van der Waals surface area contributed by atoms with Gasteiger partial charge in [-0.2, -0.15) is 11.3 Å². The van der Waals surface area contributed by atoms with Crippen LogP contribution >= 0.6 is 11.3 Å². The molecule has 0 amide bonds. The summed E-state index contributed by atoms with van der Waals surface area (Å²) >= 11 is 1.58. The molecule has 1 aliphatic rings. The minimum Gasteiger partial charge on any atom is -0.333 e. The Balaban J connectivity index is 0.000000228. The second-order valence-electron chi connectivity index (χ2n) is 20.3. The van der Waals surface area contributed by atoms with Gasteiger partial charge in [0.05, 0.1) is 24.9 Å². The fourth-order valence-electron chi connectivity index (χ4n) is 10.7. The van der Waals surface area contributed by atoms with Crippen LogP contribution in [0.3, 0.4) is 0 Å². The van der Waals surface area contributed by atoms with Crippen molar-refractivity contribution in [2.75, 3.05) is 0 Å². The van der Waals surface area contributed by atoms with Crippen LogP contribution in [0.1, 0.15) is 86.5 Å². The van der Waals surface area contributed by atoms with E-state index in [1.165, 1.54) is 44.6 Å². The zero-order valence-electron chi connectivity index (χ0n) is 47.5. The number of rotatable bonds is 7. The van der Waals surface area contributed by atoms with E-state index >= 15 is 0 Å². The van der Waals surface area contributed by atoms with Crippen molar-refractivity contribution in [3.8, 4) is 39.5 Å². The summed E-state index contributed by atoms with van der Waals surface area (Å²) in [6.45, 7) is 17.6. The Morgan fingerprint density at radius 3 is 2.34 bits per heavy atom. The Morgan fingerprint density at radius 1 is 0.803 bits per heavy atom. The summed E-state index contributed by atoms with van der Waals surface area (Å²) in [6.07, 6.45) is 0.157. The van der Waals surface area contributed by atoms with E-state index in [2.05, 4.69) is 142 Å². The van der Waals surface area contributed by atoms with Crippen LogP contribution < -0.4 is 5.19 Å². The number of aryl methyl sites for hydroxylation is 2. The maximum atomic E-state index is 9.00. The van der Waals surface area contributed by atoms with Crippen molar-refractivity contribution in [1.29, 1.82) is 0 Å². The number of hydrogen-bond donors (Lipinski definition) is 0. The largest absolute Gasteiger partial charge is 0.333 e. The predicted octanol–water partition coefficient (Wildman–Crippen LogP) is 16.4. The quantitative estimate of drug-likeness (QED) is 0.118. The summed E-state index contributed by atoms with van der Waals surface area (Å²) < 4.78 is 52.2. The van der Waals surface area contributed by atoms with Crippen LogP contribution in [0.25, 0.3) is 81.6 Å². The first-order valence-electron chi connectivity index (χ1n) is 26.9. The Labute approximate surface area is 445 Å². The molecule has 4 nitrogen and oxygen atoms in total. The average Bonchev–Trinajstić information content (AvgIpc) is 4.16. The molecule has 1 radical (unpaired) electrons. The van der Waals surface area contributed by atoms with Crippen molar-refractivity contribution in [2.24, 2.45) is 0 Å². The molecule has 1 aliphatic carbocycles. The van der Waals surface area contributed by atoms with Gasteiger partial charge < -0.3 is 9.55 Å². The third kappa shape index (κ3) is 8.51. The molecule has 71 heavy (non-hydrogen) atoms. The maximum Gasteiger partial charge on any atom is 0.114 e. The summed E-state index contributed by atoms with van der Waals surface area (Å²) in [5.41, 5.74) is 15.4. The number of aromatic nitrogens is 4. The van der Waals surface area contributed by atoms with Crippen LogP contribution in [0.2, 0.25) is 19.6 Å². The number of hydrogen-bond acceptors (Lipinski definition) is 4. The molecule has 0 atom stereocenters. The van der Waals surface area contributed by atoms with Gasteiger partial charge in [-0.1, -0.05) is 168 Å². The van der Waals surface area contributed by atoms with E-state index in [4.69, 9.17) is 18.2 Å². The standard InChI is InChI=1S/C46H34N3S.C18H24NSi.Ir/c1-27-25-37-33-17-10-11-20-38(33)46(3,4)40(37)28(2)42(27)49-39-24-21-30-15-8-9-16-32(30)41(39)48-44(49)36-19-12-18-34-35-23-22-31(47-45(35)50-43(34)36)26-29-13-6-5-7-14-29;1-13(2)16-11-17(15-9-7-14(3)8-10-15)19-12-18(16)20(4,5)6;/h5-18,20-25H,26H2,1-4H3;7-9,11-13H,1-6H3;/q2*-1;/i26D2;3D3,13D;. The first-order valence-corrected chi connectivity index (χ1v) is 28.3. The van der Waals surface area contributed by atoms with Crippen molar-refractivity contribution < 1.29 is 28.3 Å². The van der Waals surface area contributed by atoms with Crippen molar-refractivity contribution in [1.82, 2.24) is 19.5 Å². The molecule has 4 aromatic heterocycles. The van der Waals surface area contributed by atoms with E-state index in [0.717, 1.165) is 76.0 Å². The zero-order chi connectivity index (χ0) is 53.9. The van der Waals surface area contributed by atoms with Gasteiger partial charge in [0.2, 0.25) is 0 Å². The molecular weight excluding hydrogens is 1080 g/mol. The molecule has 11 aromatic rings. The van der Waals surface area contributed by atoms with Gasteiger partial charge in [-0.05, 0) is 103 Å². The molecule has 7 heteroatoms. The zero-order valence-corrected chi connectivity index (χ0v) is 45.7. The van der Waals surface area contributed by atoms with Gasteiger partial charge in [-0.15, -0.1) is 53.6 Å². The number of fused-ring (bicyclic) bond motifs is 9. The summed E-state index contributed by atoms with van der Waals surface area (Å²) in [4.78, 5) is 15.8.